The number of rotatable bonds is 5. The number of aromatic nitrogens is 4. The fourth-order valence-electron chi connectivity index (χ4n) is 2.25. The van der Waals surface area contributed by atoms with E-state index in [9.17, 15) is 18.0 Å². The van der Waals surface area contributed by atoms with Gasteiger partial charge in [0.05, 0.1) is 13.7 Å². The second-order valence-electron chi connectivity index (χ2n) is 5.51. The fourth-order valence-corrected chi connectivity index (χ4v) is 2.25. The van der Waals surface area contributed by atoms with Gasteiger partial charge in [0.2, 0.25) is 5.89 Å². The minimum Gasteiger partial charge on any atom is -0.494 e. The minimum atomic E-state index is -4.71. The molecule has 0 unspecified atom stereocenters. The number of methoxy groups -OCH3 is 1. The molecule has 2 heterocycles. The minimum absolute atomic E-state index is 0.0640. The molecule has 0 spiro atoms. The van der Waals surface area contributed by atoms with Gasteiger partial charge < -0.3 is 14.6 Å². The summed E-state index contributed by atoms with van der Waals surface area (Å²) >= 11 is 0. The Balaban J connectivity index is 1.70. The van der Waals surface area contributed by atoms with Crippen molar-refractivity contribution >= 4 is 5.91 Å². The average Bonchev–Trinajstić information content (AvgIpc) is 3.29. The zero-order valence-corrected chi connectivity index (χ0v) is 14.2. The molecule has 1 amide bonds. The number of amides is 1. The van der Waals surface area contributed by atoms with E-state index in [2.05, 4.69) is 25.1 Å². The Hall–Kier alpha value is -3.37. The van der Waals surface area contributed by atoms with E-state index in [4.69, 9.17) is 4.74 Å². The number of nitrogens with one attached hydrogen (secondary N) is 1. The predicted molar refractivity (Wildman–Crippen MR) is 85.3 cm³/mol. The Labute approximate surface area is 150 Å². The summed E-state index contributed by atoms with van der Waals surface area (Å²) in [4.78, 5) is 15.3. The SMILES string of the molecule is COc1ccc(C)cc1-n1ccc(C(=O)NCc2nc(C(F)(F)F)no2)n1. The normalized spacial score (nSPS) is 11.4. The number of aryl methyl sites for hydroxylation is 1. The van der Waals surface area contributed by atoms with Crippen molar-refractivity contribution in [3.63, 3.8) is 0 Å². The average molecular weight is 381 g/mol. The van der Waals surface area contributed by atoms with E-state index < -0.39 is 17.9 Å². The van der Waals surface area contributed by atoms with Crippen LogP contribution in [0.3, 0.4) is 0 Å². The van der Waals surface area contributed by atoms with Crippen molar-refractivity contribution in [3.8, 4) is 11.4 Å². The van der Waals surface area contributed by atoms with Crippen molar-refractivity contribution in [2.24, 2.45) is 0 Å². The van der Waals surface area contributed by atoms with Crippen LogP contribution in [-0.4, -0.2) is 32.9 Å². The van der Waals surface area contributed by atoms with Gasteiger partial charge in [-0.05, 0) is 30.7 Å². The monoisotopic (exact) mass is 381 g/mol. The third-order valence-electron chi connectivity index (χ3n) is 3.52. The highest BCUT2D eigenvalue weighted by atomic mass is 19.4. The summed E-state index contributed by atoms with van der Waals surface area (Å²) in [5, 5.41) is 9.35. The molecule has 0 aliphatic rings. The highest BCUT2D eigenvalue weighted by molar-refractivity contribution is 5.92. The third kappa shape index (κ3) is 4.07. The third-order valence-corrected chi connectivity index (χ3v) is 3.52. The van der Waals surface area contributed by atoms with Gasteiger partial charge in [0.1, 0.15) is 11.4 Å². The van der Waals surface area contributed by atoms with Crippen LogP contribution in [0.25, 0.3) is 5.69 Å². The molecule has 0 aliphatic heterocycles. The molecule has 0 bridgehead atoms. The molecule has 0 aliphatic carbocycles. The van der Waals surface area contributed by atoms with Crippen molar-refractivity contribution in [1.82, 2.24) is 25.2 Å². The van der Waals surface area contributed by atoms with E-state index in [-0.39, 0.29) is 18.1 Å². The van der Waals surface area contributed by atoms with Gasteiger partial charge in [-0.1, -0.05) is 11.2 Å². The number of nitrogens with zero attached hydrogens (tertiary/aromatic N) is 4. The lowest BCUT2D eigenvalue weighted by Crippen LogP contribution is -2.23. The number of carbonyl (C=O) groups is 1. The first-order valence-corrected chi connectivity index (χ1v) is 7.66. The molecule has 0 atom stereocenters. The van der Waals surface area contributed by atoms with Crippen LogP contribution in [0.2, 0.25) is 0 Å². The van der Waals surface area contributed by atoms with Gasteiger partial charge in [0, 0.05) is 6.20 Å². The Morgan fingerprint density at radius 3 is 2.78 bits per heavy atom. The number of alkyl halides is 3. The first kappa shape index (κ1) is 18.4. The summed E-state index contributed by atoms with van der Waals surface area (Å²) in [5.74, 6) is -1.80. The van der Waals surface area contributed by atoms with E-state index in [1.807, 2.05) is 19.1 Å². The molecule has 0 radical (unpaired) electrons. The van der Waals surface area contributed by atoms with Crippen molar-refractivity contribution in [1.29, 1.82) is 0 Å². The second kappa shape index (κ2) is 7.09. The molecule has 11 heteroatoms. The largest absolute Gasteiger partial charge is 0.494 e. The summed E-state index contributed by atoms with van der Waals surface area (Å²) < 4.78 is 48.5. The fraction of sp³-hybridized carbons (Fsp3) is 0.250. The highest BCUT2D eigenvalue weighted by Crippen LogP contribution is 2.26. The molecule has 2 aromatic heterocycles. The van der Waals surface area contributed by atoms with E-state index in [0.717, 1.165) is 5.56 Å². The molecule has 0 fully saturated rings. The second-order valence-corrected chi connectivity index (χ2v) is 5.51. The number of halogens is 3. The predicted octanol–water partition coefficient (Wildman–Crippen LogP) is 2.52. The number of carbonyl (C=O) groups excluding carboxylic acids is 1. The summed E-state index contributed by atoms with van der Waals surface area (Å²) in [5.41, 5.74) is 1.68. The van der Waals surface area contributed by atoms with Gasteiger partial charge in [0.25, 0.3) is 11.7 Å². The van der Waals surface area contributed by atoms with E-state index >= 15 is 0 Å². The van der Waals surface area contributed by atoms with Gasteiger partial charge >= 0.3 is 6.18 Å². The molecule has 3 aromatic rings. The molecule has 0 saturated heterocycles. The number of benzene rings is 1. The van der Waals surface area contributed by atoms with Crippen LogP contribution in [0, 0.1) is 6.92 Å². The van der Waals surface area contributed by atoms with Crippen LogP contribution in [0.4, 0.5) is 13.2 Å². The molecule has 1 N–H and O–H groups in total. The van der Waals surface area contributed by atoms with Crippen molar-refractivity contribution in [2.75, 3.05) is 7.11 Å². The lowest BCUT2D eigenvalue weighted by molar-refractivity contribution is -0.146. The summed E-state index contributed by atoms with van der Waals surface area (Å²) in [6.45, 7) is 1.54. The molecule has 0 saturated carbocycles. The van der Waals surface area contributed by atoms with Crippen LogP contribution in [0.1, 0.15) is 27.8 Å². The first-order chi connectivity index (χ1) is 12.8. The van der Waals surface area contributed by atoms with E-state index in [0.29, 0.717) is 11.4 Å². The molecule has 8 nitrogen and oxygen atoms in total. The maximum Gasteiger partial charge on any atom is 0.455 e. The molecule has 27 heavy (non-hydrogen) atoms. The Morgan fingerprint density at radius 1 is 1.33 bits per heavy atom. The lowest BCUT2D eigenvalue weighted by atomic mass is 10.2. The molecule has 1 aromatic carbocycles. The van der Waals surface area contributed by atoms with Crippen molar-refractivity contribution in [3.05, 3.63) is 53.4 Å². The van der Waals surface area contributed by atoms with Crippen LogP contribution >= 0.6 is 0 Å². The first-order valence-electron chi connectivity index (χ1n) is 7.66. The highest BCUT2D eigenvalue weighted by Gasteiger charge is 2.37. The van der Waals surface area contributed by atoms with Crippen molar-refractivity contribution in [2.45, 2.75) is 19.6 Å². The summed E-state index contributed by atoms with van der Waals surface area (Å²) in [7, 11) is 1.52. The topological polar surface area (TPSA) is 95.1 Å². The van der Waals surface area contributed by atoms with E-state index in [1.165, 1.54) is 17.9 Å². The van der Waals surface area contributed by atoms with Gasteiger partial charge in [-0.25, -0.2) is 4.68 Å². The molecular weight excluding hydrogens is 367 g/mol. The van der Waals surface area contributed by atoms with Crippen LogP contribution in [0.5, 0.6) is 5.75 Å². The maximum atomic E-state index is 12.4. The summed E-state index contributed by atoms with van der Waals surface area (Å²) in [6.07, 6.45) is -3.14. The van der Waals surface area contributed by atoms with Crippen molar-refractivity contribution < 1.29 is 27.2 Å². The molecular formula is C16H14F3N5O3. The maximum absolute atomic E-state index is 12.4. The number of ether oxygens (including phenoxy) is 1. The standard InChI is InChI=1S/C16H14F3N5O3/c1-9-3-4-12(26-2)11(7-9)24-6-5-10(22-24)14(25)20-8-13-21-15(23-27-13)16(17,18)19/h3-7H,8H2,1-2H3,(H,20,25). The number of hydrogen-bond donors (Lipinski definition) is 1. The smallest absolute Gasteiger partial charge is 0.455 e. The van der Waals surface area contributed by atoms with Crippen LogP contribution in [-0.2, 0) is 12.7 Å². The van der Waals surface area contributed by atoms with Gasteiger partial charge in [-0.15, -0.1) is 0 Å². The Kier molecular flexibility index (Phi) is 4.84. The number of hydrogen-bond acceptors (Lipinski definition) is 6. The molecule has 3 rings (SSSR count). The molecule has 142 valence electrons. The lowest BCUT2D eigenvalue weighted by Gasteiger charge is -2.09. The summed E-state index contributed by atoms with van der Waals surface area (Å²) in [6, 6.07) is 6.95. The van der Waals surface area contributed by atoms with Crippen LogP contribution in [0.15, 0.2) is 35.0 Å². The van der Waals surface area contributed by atoms with Gasteiger partial charge in [0.15, 0.2) is 5.69 Å². The quantitative estimate of drug-likeness (QED) is 0.730. The zero-order valence-electron chi connectivity index (χ0n) is 14.2. The Bertz CT molecular complexity index is 964. The van der Waals surface area contributed by atoms with E-state index in [1.54, 1.807) is 12.3 Å². The zero-order chi connectivity index (χ0) is 19.6. The van der Waals surface area contributed by atoms with Gasteiger partial charge in [-0.3, -0.25) is 4.79 Å². The van der Waals surface area contributed by atoms with Crippen LogP contribution < -0.4 is 10.1 Å². The Morgan fingerprint density at radius 2 is 2.11 bits per heavy atom. The van der Waals surface area contributed by atoms with Gasteiger partial charge in [-0.2, -0.15) is 23.3 Å².